The van der Waals surface area contributed by atoms with E-state index in [9.17, 15) is 4.61 Å². The molecule has 0 aliphatic rings. The van der Waals surface area contributed by atoms with Crippen LogP contribution in [0.1, 0.15) is 71.6 Å². The van der Waals surface area contributed by atoms with Gasteiger partial charge in [0, 0.05) is 0 Å². The highest BCUT2D eigenvalue weighted by molar-refractivity contribution is 8.25. The van der Waals surface area contributed by atoms with Crippen LogP contribution in [-0.4, -0.2) is 6.04 Å². The third kappa shape index (κ3) is 10.7. The Morgan fingerprint density at radius 1 is 1.00 bits per heavy atom. The maximum Gasteiger partial charge on any atom is 0.0638 e. The Kier molecular flexibility index (Phi) is 11.8. The zero-order valence-corrected chi connectivity index (χ0v) is 12.8. The molecule has 2 atom stereocenters. The Labute approximate surface area is 105 Å². The van der Waals surface area contributed by atoms with Crippen molar-refractivity contribution < 1.29 is 0 Å². The van der Waals surface area contributed by atoms with Crippen LogP contribution in [-0.2, 0) is 9.94 Å². The summed E-state index contributed by atoms with van der Waals surface area (Å²) >= 11 is 0. The number of hydrogen-bond donors (Lipinski definition) is 0. The normalized spacial score (nSPS) is 14.0. The monoisotopic (exact) mass is 262 g/mol. The van der Waals surface area contributed by atoms with Crippen LogP contribution in [0.4, 0.5) is 0 Å². The van der Waals surface area contributed by atoms with E-state index in [4.69, 9.17) is 0 Å². The molecule has 0 fully saturated rings. The van der Waals surface area contributed by atoms with Crippen LogP contribution in [0.5, 0.6) is 0 Å². The second-order valence-corrected chi connectivity index (χ2v) is 6.46. The fourth-order valence-electron chi connectivity index (χ4n) is 1.83. The highest BCUT2D eigenvalue weighted by Gasteiger charge is 2.05. The lowest BCUT2D eigenvalue weighted by molar-refractivity contribution is 0.507. The van der Waals surface area contributed by atoms with Gasteiger partial charge >= 0.3 is 0 Å². The minimum atomic E-state index is -0.816. The smallest absolute Gasteiger partial charge is 0.0638 e. The molecule has 0 aromatic carbocycles. The summed E-state index contributed by atoms with van der Waals surface area (Å²) in [5, 5.41) is 0. The van der Waals surface area contributed by atoms with Crippen LogP contribution in [0.25, 0.3) is 0 Å². The van der Waals surface area contributed by atoms with Crippen LogP contribution in [0, 0.1) is 4.61 Å². The van der Waals surface area contributed by atoms with Crippen molar-refractivity contribution in [2.75, 3.05) is 0 Å². The molecule has 2 unspecified atom stereocenters. The van der Waals surface area contributed by atoms with Gasteiger partial charge in [0.2, 0.25) is 0 Å². The van der Waals surface area contributed by atoms with E-state index in [1.54, 1.807) is 0 Å². The van der Waals surface area contributed by atoms with Gasteiger partial charge in [-0.1, -0.05) is 58.8 Å². The predicted molar refractivity (Wildman–Crippen MR) is 77.9 cm³/mol. The van der Waals surface area contributed by atoms with Gasteiger partial charge in [0.05, 0.1) is 16.0 Å². The van der Waals surface area contributed by atoms with Crippen LogP contribution in [0.15, 0.2) is 4.36 Å². The Bertz CT molecular complexity index is 272. The van der Waals surface area contributed by atoms with Gasteiger partial charge in [0.25, 0.3) is 0 Å². The van der Waals surface area contributed by atoms with Crippen molar-refractivity contribution in [1.82, 2.24) is 0 Å². The van der Waals surface area contributed by atoms with E-state index in [2.05, 4.69) is 26.7 Å². The molecule has 0 aromatic rings. The zero-order chi connectivity index (χ0) is 12.2. The fourth-order valence-corrected chi connectivity index (χ4v) is 2.86. The number of hydrogen-bond acceptors (Lipinski definition) is 2. The average molecular weight is 262 g/mol. The molecule has 0 heterocycles. The Morgan fingerprint density at radius 2 is 1.56 bits per heavy atom. The van der Waals surface area contributed by atoms with Crippen LogP contribution >= 0.6 is 8.44 Å². The standard InChI is InChI=1S/C12H27N2PS/c1-3-5-7-8-9-11-12(10-6-4-2)14-16(13)15/h12H,3-11,15H2,1-2H3. The first kappa shape index (κ1) is 16.2. The van der Waals surface area contributed by atoms with Crippen molar-refractivity contribution in [3.8, 4) is 0 Å². The highest BCUT2D eigenvalue weighted by Crippen LogP contribution is 2.15. The first-order valence-electron chi connectivity index (χ1n) is 6.59. The summed E-state index contributed by atoms with van der Waals surface area (Å²) in [6.07, 6.45) is 11.3. The molecule has 0 bridgehead atoms. The minimum absolute atomic E-state index is 0.382. The minimum Gasteiger partial charge on any atom is -0.209 e. The van der Waals surface area contributed by atoms with Crippen molar-refractivity contribution in [1.29, 1.82) is 4.61 Å². The summed E-state index contributed by atoms with van der Waals surface area (Å²) in [7, 11) is 1.56. The third-order valence-electron chi connectivity index (χ3n) is 2.79. The van der Waals surface area contributed by atoms with Gasteiger partial charge in [-0.3, -0.25) is 0 Å². The third-order valence-corrected chi connectivity index (χ3v) is 3.67. The van der Waals surface area contributed by atoms with Gasteiger partial charge in [-0.25, -0.2) is 4.36 Å². The Morgan fingerprint density at radius 3 is 2.12 bits per heavy atom. The molecular formula is C12H27N2PS. The summed E-state index contributed by atoms with van der Waals surface area (Å²) in [5.41, 5.74) is 0. The average Bonchev–Trinajstić information content (AvgIpc) is 2.24. The lowest BCUT2D eigenvalue weighted by atomic mass is 10.0. The largest absolute Gasteiger partial charge is 0.209 e. The molecule has 96 valence electrons. The van der Waals surface area contributed by atoms with Gasteiger partial charge in [0.1, 0.15) is 0 Å². The number of nitrogens with zero attached hydrogens (tertiary/aromatic N) is 2. The van der Waals surface area contributed by atoms with Gasteiger partial charge in [-0.2, -0.15) is 4.61 Å². The maximum atomic E-state index is 9.29. The maximum absolute atomic E-state index is 9.29. The highest BCUT2D eigenvalue weighted by atomic mass is 32.7. The molecule has 0 spiro atoms. The number of unbranched alkanes of at least 4 members (excludes halogenated alkanes) is 5. The molecule has 0 N–H and O–H groups in total. The number of rotatable bonds is 10. The second kappa shape index (κ2) is 11.6. The van der Waals surface area contributed by atoms with E-state index < -0.39 is 9.94 Å². The van der Waals surface area contributed by atoms with Gasteiger partial charge < -0.3 is 0 Å². The molecule has 4 heteroatoms. The van der Waals surface area contributed by atoms with Gasteiger partial charge in [0.15, 0.2) is 0 Å². The molecule has 2 nitrogen and oxygen atoms in total. The predicted octanol–water partition coefficient (Wildman–Crippen LogP) is 4.98. The van der Waals surface area contributed by atoms with Crippen LogP contribution in [0.2, 0.25) is 0 Å². The zero-order valence-electron chi connectivity index (χ0n) is 10.8. The molecule has 0 radical (unpaired) electrons. The molecule has 0 saturated heterocycles. The molecular weight excluding hydrogens is 235 g/mol. The second-order valence-electron chi connectivity index (χ2n) is 4.40. The molecule has 0 aliphatic heterocycles. The van der Waals surface area contributed by atoms with Crippen molar-refractivity contribution in [2.24, 2.45) is 4.36 Å². The van der Waals surface area contributed by atoms with Crippen LogP contribution in [0.3, 0.4) is 0 Å². The van der Waals surface area contributed by atoms with Crippen molar-refractivity contribution in [3.63, 3.8) is 0 Å². The van der Waals surface area contributed by atoms with E-state index in [1.807, 2.05) is 0 Å². The first-order chi connectivity index (χ1) is 7.70. The summed E-state index contributed by atoms with van der Waals surface area (Å²) in [4.78, 5) is 0. The molecule has 0 aromatic heterocycles. The van der Waals surface area contributed by atoms with Crippen molar-refractivity contribution >= 4 is 18.4 Å². The van der Waals surface area contributed by atoms with Crippen molar-refractivity contribution in [3.05, 3.63) is 0 Å². The molecule has 0 amide bonds. The SMILES string of the molecule is CCCCCCCC(CCCC)N=S(#N)P. The molecule has 16 heavy (non-hydrogen) atoms. The van der Waals surface area contributed by atoms with Crippen LogP contribution < -0.4 is 0 Å². The fraction of sp³-hybridized carbons (Fsp3) is 1.00. The molecule has 0 aliphatic carbocycles. The van der Waals surface area contributed by atoms with E-state index in [1.165, 1.54) is 44.9 Å². The summed E-state index contributed by atoms with van der Waals surface area (Å²) in [5.74, 6) is 0. The topological polar surface area (TPSA) is 36.1 Å². The van der Waals surface area contributed by atoms with E-state index >= 15 is 0 Å². The van der Waals surface area contributed by atoms with Crippen molar-refractivity contribution in [2.45, 2.75) is 77.7 Å². The quantitative estimate of drug-likeness (QED) is 0.404. The molecule has 0 rings (SSSR count). The van der Waals surface area contributed by atoms with E-state index in [0.717, 1.165) is 12.8 Å². The lowest BCUT2D eigenvalue weighted by Crippen LogP contribution is -2.03. The Balaban J connectivity index is 3.76. The Hall–Kier alpha value is 0.160. The van der Waals surface area contributed by atoms with E-state index in [0.29, 0.717) is 6.04 Å². The van der Waals surface area contributed by atoms with Gasteiger partial charge in [-0.15, -0.1) is 0 Å². The first-order valence-corrected chi connectivity index (χ1v) is 9.21. The summed E-state index contributed by atoms with van der Waals surface area (Å²) in [6, 6.07) is 0.382. The van der Waals surface area contributed by atoms with Gasteiger partial charge in [-0.05, 0) is 21.3 Å². The van der Waals surface area contributed by atoms with E-state index in [-0.39, 0.29) is 0 Å². The summed E-state index contributed by atoms with van der Waals surface area (Å²) in [6.45, 7) is 4.45. The summed E-state index contributed by atoms with van der Waals surface area (Å²) < 4.78 is 13.7. The molecule has 0 saturated carbocycles. The lowest BCUT2D eigenvalue weighted by Gasteiger charge is -2.10.